The molecule has 1 saturated heterocycles. The smallest absolute Gasteiger partial charge is 0.232 e. The van der Waals surface area contributed by atoms with Gasteiger partial charge in [-0.2, -0.15) is 0 Å². The number of hydrogen-bond donors (Lipinski definition) is 1. The number of ether oxygens (including phenoxy) is 1. The first-order chi connectivity index (χ1) is 16.4. The molecule has 0 aromatic heterocycles. The molecule has 0 aliphatic carbocycles. The Kier molecular flexibility index (Phi) is 7.50. The molecule has 1 atom stereocenters. The quantitative estimate of drug-likeness (QED) is 0.450. The summed E-state index contributed by atoms with van der Waals surface area (Å²) in [6.45, 7) is 7.09. The van der Waals surface area contributed by atoms with E-state index in [0.29, 0.717) is 13.0 Å². The summed E-state index contributed by atoms with van der Waals surface area (Å²) in [4.78, 5) is 15.6. The maximum Gasteiger partial charge on any atom is 0.232 e. The number of nitrogens with two attached hydrogens (primary N) is 1. The molecule has 0 radical (unpaired) electrons. The molecule has 3 aromatic rings. The van der Waals surface area contributed by atoms with Crippen LogP contribution < -0.4 is 5.73 Å². The van der Waals surface area contributed by atoms with Crippen molar-refractivity contribution < 1.29 is 9.53 Å². The molecule has 1 amide bonds. The van der Waals surface area contributed by atoms with Crippen LogP contribution in [0.5, 0.6) is 0 Å². The number of benzene rings is 3. The molecule has 4 heteroatoms. The van der Waals surface area contributed by atoms with Crippen molar-refractivity contribution in [3.05, 3.63) is 108 Å². The van der Waals surface area contributed by atoms with E-state index in [1.54, 1.807) is 0 Å². The van der Waals surface area contributed by atoms with Gasteiger partial charge in [-0.05, 0) is 49.8 Å². The van der Waals surface area contributed by atoms with Gasteiger partial charge < -0.3 is 10.5 Å². The van der Waals surface area contributed by atoms with Crippen molar-refractivity contribution >= 4 is 5.91 Å². The summed E-state index contributed by atoms with van der Waals surface area (Å²) in [6.07, 6.45) is 2.73. The highest BCUT2D eigenvalue weighted by Gasteiger charge is 2.43. The van der Waals surface area contributed by atoms with Crippen LogP contribution in [0.25, 0.3) is 0 Å². The van der Waals surface area contributed by atoms with Crippen LogP contribution in [0.1, 0.15) is 49.8 Å². The maximum absolute atomic E-state index is 13.1. The fraction of sp³-hybridized carbons (Fsp3) is 0.367. The molecular weight excluding hydrogens is 420 g/mol. The molecule has 0 spiro atoms. The predicted molar refractivity (Wildman–Crippen MR) is 137 cm³/mol. The molecule has 4 rings (SSSR count). The molecule has 0 saturated carbocycles. The van der Waals surface area contributed by atoms with Gasteiger partial charge in [-0.15, -0.1) is 0 Å². The van der Waals surface area contributed by atoms with Crippen molar-refractivity contribution in [2.75, 3.05) is 13.1 Å². The lowest BCUT2D eigenvalue weighted by Gasteiger charge is -2.40. The SMILES string of the molecule is CC(C)(CCC(C(N)=O)(c1ccccc1)c1ccccc1)N1CC[C@@H](OCc2ccccc2)C1. The minimum Gasteiger partial charge on any atom is -0.372 e. The van der Waals surface area contributed by atoms with E-state index in [0.717, 1.165) is 37.1 Å². The van der Waals surface area contributed by atoms with Gasteiger partial charge >= 0.3 is 0 Å². The average Bonchev–Trinajstić information content (AvgIpc) is 3.35. The number of carbonyl (C=O) groups is 1. The highest BCUT2D eigenvalue weighted by atomic mass is 16.5. The number of primary amides is 1. The highest BCUT2D eigenvalue weighted by molar-refractivity contribution is 5.90. The third-order valence-electron chi connectivity index (χ3n) is 7.40. The summed E-state index contributed by atoms with van der Waals surface area (Å²) in [6, 6.07) is 30.3. The van der Waals surface area contributed by atoms with Crippen LogP contribution in [-0.4, -0.2) is 35.5 Å². The van der Waals surface area contributed by atoms with E-state index in [1.807, 2.05) is 78.9 Å². The Labute approximate surface area is 203 Å². The Morgan fingerprint density at radius 3 is 1.94 bits per heavy atom. The molecule has 1 aliphatic heterocycles. The van der Waals surface area contributed by atoms with Crippen molar-refractivity contribution in [3.8, 4) is 0 Å². The molecule has 1 aliphatic rings. The van der Waals surface area contributed by atoms with Crippen molar-refractivity contribution in [2.24, 2.45) is 5.73 Å². The molecule has 0 bridgehead atoms. The molecule has 2 N–H and O–H groups in total. The summed E-state index contributed by atoms with van der Waals surface area (Å²) in [5.74, 6) is -0.300. The third-order valence-corrected chi connectivity index (χ3v) is 7.40. The van der Waals surface area contributed by atoms with Gasteiger partial charge in [-0.3, -0.25) is 9.69 Å². The highest BCUT2D eigenvalue weighted by Crippen LogP contribution is 2.40. The van der Waals surface area contributed by atoms with E-state index >= 15 is 0 Å². The Bertz CT molecular complexity index is 1010. The van der Waals surface area contributed by atoms with Crippen molar-refractivity contribution in [1.29, 1.82) is 0 Å². The minimum absolute atomic E-state index is 0.0882. The molecule has 178 valence electrons. The van der Waals surface area contributed by atoms with E-state index in [9.17, 15) is 4.79 Å². The second-order valence-electron chi connectivity index (χ2n) is 9.97. The number of hydrogen-bond acceptors (Lipinski definition) is 3. The lowest BCUT2D eigenvalue weighted by Crippen LogP contribution is -2.47. The standard InChI is InChI=1S/C30H36N2O2/c1-29(2,32-21-18-27(22-32)34-23-24-12-6-3-7-13-24)19-20-30(28(31)33,25-14-8-4-9-15-25)26-16-10-5-11-17-26/h3-17,27H,18-23H2,1-2H3,(H2,31,33)/t27-/m1/s1. The first-order valence-electron chi connectivity index (χ1n) is 12.2. The van der Waals surface area contributed by atoms with E-state index in [-0.39, 0.29) is 17.6 Å². The van der Waals surface area contributed by atoms with Crippen molar-refractivity contribution in [2.45, 2.75) is 56.8 Å². The van der Waals surface area contributed by atoms with Gasteiger partial charge in [0.15, 0.2) is 0 Å². The number of rotatable bonds is 10. The van der Waals surface area contributed by atoms with E-state index < -0.39 is 5.41 Å². The fourth-order valence-corrected chi connectivity index (χ4v) is 5.16. The van der Waals surface area contributed by atoms with Gasteiger partial charge in [-0.25, -0.2) is 0 Å². The molecule has 3 aromatic carbocycles. The monoisotopic (exact) mass is 456 g/mol. The van der Waals surface area contributed by atoms with E-state index in [1.165, 1.54) is 5.56 Å². The third kappa shape index (κ3) is 5.24. The zero-order chi connectivity index (χ0) is 24.0. The zero-order valence-electron chi connectivity index (χ0n) is 20.3. The van der Waals surface area contributed by atoms with Gasteiger partial charge in [0.25, 0.3) is 0 Å². The summed E-state index contributed by atoms with van der Waals surface area (Å²) in [5.41, 5.74) is 8.33. The molecule has 34 heavy (non-hydrogen) atoms. The van der Waals surface area contributed by atoms with Crippen LogP contribution in [0.4, 0.5) is 0 Å². The molecule has 4 nitrogen and oxygen atoms in total. The van der Waals surface area contributed by atoms with E-state index in [4.69, 9.17) is 10.5 Å². The molecule has 1 heterocycles. The van der Waals surface area contributed by atoms with Gasteiger partial charge in [0.05, 0.1) is 18.1 Å². The average molecular weight is 457 g/mol. The molecule has 1 fully saturated rings. The second kappa shape index (κ2) is 10.5. The Morgan fingerprint density at radius 1 is 0.882 bits per heavy atom. The van der Waals surface area contributed by atoms with Crippen LogP contribution in [0.2, 0.25) is 0 Å². The summed E-state index contributed by atoms with van der Waals surface area (Å²) in [7, 11) is 0. The Morgan fingerprint density at radius 2 is 1.41 bits per heavy atom. The number of amides is 1. The maximum atomic E-state index is 13.1. The van der Waals surface area contributed by atoms with Crippen LogP contribution in [-0.2, 0) is 21.6 Å². The zero-order valence-corrected chi connectivity index (χ0v) is 20.3. The lowest BCUT2D eigenvalue weighted by molar-refractivity contribution is -0.122. The first-order valence-corrected chi connectivity index (χ1v) is 12.2. The summed E-state index contributed by atoms with van der Waals surface area (Å²) < 4.78 is 6.22. The normalized spacial score (nSPS) is 17.1. The van der Waals surface area contributed by atoms with Crippen LogP contribution >= 0.6 is 0 Å². The Balaban J connectivity index is 1.48. The second-order valence-corrected chi connectivity index (χ2v) is 9.97. The summed E-state index contributed by atoms with van der Waals surface area (Å²) >= 11 is 0. The van der Waals surface area contributed by atoms with Crippen LogP contribution in [0.15, 0.2) is 91.0 Å². The number of nitrogens with zero attached hydrogens (tertiary/aromatic N) is 1. The molecular formula is C30H36N2O2. The van der Waals surface area contributed by atoms with Crippen LogP contribution in [0.3, 0.4) is 0 Å². The number of likely N-dealkylation sites (tertiary alicyclic amines) is 1. The fourth-order valence-electron chi connectivity index (χ4n) is 5.16. The van der Waals surface area contributed by atoms with Gasteiger partial charge in [-0.1, -0.05) is 91.0 Å². The summed E-state index contributed by atoms with van der Waals surface area (Å²) in [5, 5.41) is 0. The minimum atomic E-state index is -0.858. The van der Waals surface area contributed by atoms with E-state index in [2.05, 4.69) is 30.9 Å². The largest absolute Gasteiger partial charge is 0.372 e. The van der Waals surface area contributed by atoms with Gasteiger partial charge in [0.2, 0.25) is 5.91 Å². The van der Waals surface area contributed by atoms with Crippen LogP contribution in [0, 0.1) is 0 Å². The van der Waals surface area contributed by atoms with Crippen molar-refractivity contribution in [3.63, 3.8) is 0 Å². The van der Waals surface area contributed by atoms with Gasteiger partial charge in [0, 0.05) is 18.6 Å². The van der Waals surface area contributed by atoms with Gasteiger partial charge in [0.1, 0.15) is 0 Å². The predicted octanol–water partition coefficient (Wildman–Crippen LogP) is 5.31. The molecule has 0 unspecified atom stereocenters. The lowest BCUT2D eigenvalue weighted by atomic mass is 9.69. The Hall–Kier alpha value is -2.95. The first kappa shape index (κ1) is 24.2. The van der Waals surface area contributed by atoms with Crippen molar-refractivity contribution in [1.82, 2.24) is 4.90 Å². The number of carbonyl (C=O) groups excluding carboxylic acids is 1. The topological polar surface area (TPSA) is 55.6 Å².